The summed E-state index contributed by atoms with van der Waals surface area (Å²) >= 11 is 0.815. The van der Waals surface area contributed by atoms with Crippen LogP contribution in [0.4, 0.5) is 23.7 Å². The number of carbonyl (C=O) groups is 2. The molecule has 140 valence electrons. The van der Waals surface area contributed by atoms with Gasteiger partial charge in [0.15, 0.2) is 6.04 Å². The van der Waals surface area contributed by atoms with E-state index in [4.69, 9.17) is 5.11 Å². The van der Waals surface area contributed by atoms with Crippen LogP contribution in [-0.2, 0) is 11.2 Å². The molecule has 2 aromatic rings. The lowest BCUT2D eigenvalue weighted by molar-refractivity contribution is -0.154. The fourth-order valence-electron chi connectivity index (χ4n) is 2.14. The number of urea groups is 1. The number of carboxylic acids is 1. The molecule has 1 aromatic carbocycles. The van der Waals surface area contributed by atoms with Gasteiger partial charge in [-0.1, -0.05) is 12.1 Å². The van der Waals surface area contributed by atoms with Crippen LogP contribution in [-0.4, -0.2) is 28.3 Å². The smallest absolute Gasteiger partial charge is 0.415 e. The third kappa shape index (κ3) is 5.73. The highest BCUT2D eigenvalue weighted by molar-refractivity contribution is 7.09. The van der Waals surface area contributed by atoms with Crippen molar-refractivity contribution in [1.82, 2.24) is 10.3 Å². The molecule has 0 saturated carbocycles. The minimum atomic E-state index is -4.69. The molecule has 26 heavy (non-hydrogen) atoms. The van der Waals surface area contributed by atoms with Gasteiger partial charge in [0.05, 0.1) is 0 Å². The highest BCUT2D eigenvalue weighted by Crippen LogP contribution is 2.34. The minimum Gasteiger partial charge on any atom is -0.481 e. The summed E-state index contributed by atoms with van der Waals surface area (Å²) in [6, 6.07) is 3.02. The Morgan fingerprint density at radius 2 is 2.08 bits per heavy atom. The lowest BCUT2D eigenvalue weighted by Crippen LogP contribution is -2.40. The SMILES string of the molecule is Cc1csc(C(NC(=O)Nc2cccc(CCC(=O)O)c2)C(F)(F)F)n1. The Kier molecular flexibility index (Phi) is 6.19. The second-order valence-electron chi connectivity index (χ2n) is 5.49. The van der Waals surface area contributed by atoms with Crippen molar-refractivity contribution < 1.29 is 27.9 Å². The van der Waals surface area contributed by atoms with Crippen molar-refractivity contribution >= 4 is 29.0 Å². The van der Waals surface area contributed by atoms with Gasteiger partial charge in [-0.3, -0.25) is 4.79 Å². The van der Waals surface area contributed by atoms with Gasteiger partial charge in [0, 0.05) is 23.2 Å². The van der Waals surface area contributed by atoms with Gasteiger partial charge in [0.2, 0.25) is 0 Å². The van der Waals surface area contributed by atoms with Crippen molar-refractivity contribution in [1.29, 1.82) is 0 Å². The zero-order valence-corrected chi connectivity index (χ0v) is 14.4. The number of aliphatic carboxylic acids is 1. The predicted octanol–water partition coefficient (Wildman–Crippen LogP) is 3.89. The van der Waals surface area contributed by atoms with Crippen LogP contribution < -0.4 is 10.6 Å². The molecule has 0 saturated heterocycles. The molecule has 2 amide bonds. The summed E-state index contributed by atoms with van der Waals surface area (Å²) in [5.41, 5.74) is 1.35. The van der Waals surface area contributed by atoms with Crippen LogP contribution in [0.5, 0.6) is 0 Å². The first-order valence-corrected chi connectivity index (χ1v) is 8.40. The van der Waals surface area contributed by atoms with Gasteiger partial charge >= 0.3 is 18.2 Å². The fraction of sp³-hybridized carbons (Fsp3) is 0.312. The average molecular weight is 387 g/mol. The Morgan fingerprint density at radius 3 is 2.65 bits per heavy atom. The van der Waals surface area contributed by atoms with Crippen LogP contribution in [0.1, 0.15) is 28.7 Å². The number of benzene rings is 1. The molecule has 1 aromatic heterocycles. The minimum absolute atomic E-state index is 0.0881. The number of carbonyl (C=O) groups excluding carboxylic acids is 1. The number of anilines is 1. The first kappa shape index (κ1) is 19.7. The summed E-state index contributed by atoms with van der Waals surface area (Å²) in [6.45, 7) is 1.57. The predicted molar refractivity (Wildman–Crippen MR) is 90.2 cm³/mol. The Balaban J connectivity index is 2.06. The molecule has 0 spiro atoms. The Labute approximate surface area is 151 Å². The van der Waals surface area contributed by atoms with Gasteiger partial charge in [-0.25, -0.2) is 9.78 Å². The van der Waals surface area contributed by atoms with Gasteiger partial charge < -0.3 is 15.7 Å². The van der Waals surface area contributed by atoms with Crippen molar-refractivity contribution in [2.75, 3.05) is 5.32 Å². The monoisotopic (exact) mass is 387 g/mol. The summed E-state index contributed by atoms with van der Waals surface area (Å²) in [7, 11) is 0. The molecule has 0 radical (unpaired) electrons. The van der Waals surface area contributed by atoms with Gasteiger partial charge in [-0.2, -0.15) is 13.2 Å². The van der Waals surface area contributed by atoms with Gasteiger partial charge in [-0.05, 0) is 31.0 Å². The Morgan fingerprint density at radius 1 is 1.35 bits per heavy atom. The number of hydrogen-bond acceptors (Lipinski definition) is 4. The number of carboxylic acid groups (broad SMARTS) is 1. The van der Waals surface area contributed by atoms with Gasteiger partial charge in [-0.15, -0.1) is 11.3 Å². The van der Waals surface area contributed by atoms with Crippen molar-refractivity contribution in [3.05, 3.63) is 45.9 Å². The number of aromatic nitrogens is 1. The standard InChI is InChI=1S/C16H16F3N3O3S/c1-9-8-26-14(20-9)13(16(17,18)19)22-15(25)21-11-4-2-3-10(7-11)5-6-12(23)24/h2-4,7-8,13H,5-6H2,1H3,(H,23,24)(H2,21,22,25). The van der Waals surface area contributed by atoms with E-state index in [2.05, 4.69) is 10.3 Å². The van der Waals surface area contributed by atoms with Crippen molar-refractivity contribution in [2.45, 2.75) is 32.0 Å². The molecule has 3 N–H and O–H groups in total. The molecule has 0 bridgehead atoms. The maximum absolute atomic E-state index is 13.2. The first-order chi connectivity index (χ1) is 12.1. The molecule has 1 heterocycles. The fourth-order valence-corrected chi connectivity index (χ4v) is 3.01. The van der Waals surface area contributed by atoms with Crippen LogP contribution in [0.2, 0.25) is 0 Å². The number of thiazole rings is 1. The molecule has 0 aliphatic rings. The van der Waals surface area contributed by atoms with E-state index >= 15 is 0 Å². The van der Waals surface area contributed by atoms with Crippen LogP contribution in [0.25, 0.3) is 0 Å². The second kappa shape index (κ2) is 8.17. The van der Waals surface area contributed by atoms with E-state index in [1.54, 1.807) is 19.1 Å². The molecule has 1 unspecified atom stereocenters. The van der Waals surface area contributed by atoms with E-state index in [9.17, 15) is 22.8 Å². The second-order valence-corrected chi connectivity index (χ2v) is 6.38. The Hall–Kier alpha value is -2.62. The molecule has 0 aliphatic carbocycles. The first-order valence-electron chi connectivity index (χ1n) is 7.52. The highest BCUT2D eigenvalue weighted by atomic mass is 32.1. The van der Waals surface area contributed by atoms with Crippen LogP contribution in [0, 0.1) is 6.92 Å². The zero-order chi connectivity index (χ0) is 19.3. The number of nitrogens with zero attached hydrogens (tertiary/aromatic N) is 1. The quantitative estimate of drug-likeness (QED) is 0.701. The van der Waals surface area contributed by atoms with E-state index in [0.717, 1.165) is 11.3 Å². The third-order valence-electron chi connectivity index (χ3n) is 3.30. The number of rotatable bonds is 6. The average Bonchev–Trinajstić information content (AvgIpc) is 2.96. The third-order valence-corrected chi connectivity index (χ3v) is 4.33. The van der Waals surface area contributed by atoms with Crippen LogP contribution >= 0.6 is 11.3 Å². The molecule has 0 fully saturated rings. The van der Waals surface area contributed by atoms with E-state index in [1.807, 2.05) is 5.32 Å². The van der Waals surface area contributed by atoms with Crippen LogP contribution in [0.15, 0.2) is 29.6 Å². The molecule has 10 heteroatoms. The van der Waals surface area contributed by atoms with Crippen molar-refractivity contribution in [3.63, 3.8) is 0 Å². The lowest BCUT2D eigenvalue weighted by atomic mass is 10.1. The molecular weight excluding hydrogens is 371 g/mol. The molecule has 2 rings (SSSR count). The lowest BCUT2D eigenvalue weighted by Gasteiger charge is -2.20. The number of hydrogen-bond donors (Lipinski definition) is 3. The summed E-state index contributed by atoms with van der Waals surface area (Å²) in [4.78, 5) is 26.4. The van der Waals surface area contributed by atoms with Crippen LogP contribution in [0.3, 0.4) is 0 Å². The normalized spacial score (nSPS) is 12.5. The summed E-state index contributed by atoms with van der Waals surface area (Å²) in [5, 5.41) is 14.1. The number of amides is 2. The van der Waals surface area contributed by atoms with Gasteiger partial charge in [0.25, 0.3) is 0 Å². The number of halogens is 3. The number of nitrogens with one attached hydrogen (secondary N) is 2. The van der Waals surface area contributed by atoms with Gasteiger partial charge in [0.1, 0.15) is 5.01 Å². The largest absolute Gasteiger partial charge is 0.481 e. The van der Waals surface area contributed by atoms with E-state index in [1.165, 1.54) is 17.5 Å². The molecule has 0 aliphatic heterocycles. The highest BCUT2D eigenvalue weighted by Gasteiger charge is 2.43. The van der Waals surface area contributed by atoms with Crippen molar-refractivity contribution in [3.8, 4) is 0 Å². The summed E-state index contributed by atoms with van der Waals surface area (Å²) < 4.78 is 39.7. The summed E-state index contributed by atoms with van der Waals surface area (Å²) in [6.07, 6.45) is -4.53. The van der Waals surface area contributed by atoms with Crippen molar-refractivity contribution in [2.24, 2.45) is 0 Å². The zero-order valence-electron chi connectivity index (χ0n) is 13.6. The topological polar surface area (TPSA) is 91.3 Å². The molecule has 1 atom stereocenters. The van der Waals surface area contributed by atoms with E-state index < -0.39 is 24.2 Å². The molecular formula is C16H16F3N3O3S. The maximum atomic E-state index is 13.2. The molecule has 6 nitrogen and oxygen atoms in total. The van der Waals surface area contributed by atoms with E-state index in [-0.39, 0.29) is 23.5 Å². The number of alkyl halides is 3. The summed E-state index contributed by atoms with van der Waals surface area (Å²) in [5.74, 6) is -0.965. The van der Waals surface area contributed by atoms with E-state index in [0.29, 0.717) is 11.3 Å². The Bertz CT molecular complexity index is 792. The number of aryl methyl sites for hydroxylation is 2. The maximum Gasteiger partial charge on any atom is 0.415 e.